The van der Waals surface area contributed by atoms with E-state index in [9.17, 15) is 13.2 Å². The highest BCUT2D eigenvalue weighted by molar-refractivity contribution is 7.91. The van der Waals surface area contributed by atoms with Crippen LogP contribution in [0, 0.1) is 0 Å². The van der Waals surface area contributed by atoms with Crippen LogP contribution in [-0.4, -0.2) is 62.3 Å². The van der Waals surface area contributed by atoms with Gasteiger partial charge < -0.3 is 11.1 Å². The summed E-state index contributed by atoms with van der Waals surface area (Å²) in [5.74, 6) is -0.398. The van der Waals surface area contributed by atoms with Crippen molar-refractivity contribution >= 4 is 32.7 Å². The number of rotatable bonds is 4. The van der Waals surface area contributed by atoms with E-state index < -0.39 is 15.9 Å². The van der Waals surface area contributed by atoms with Gasteiger partial charge in [-0.1, -0.05) is 0 Å². The van der Waals surface area contributed by atoms with E-state index in [1.165, 1.54) is 11.3 Å². The summed E-state index contributed by atoms with van der Waals surface area (Å²) >= 11 is 1.28. The molecule has 10 nitrogen and oxygen atoms in total. The summed E-state index contributed by atoms with van der Waals surface area (Å²) in [5, 5.41) is 13.2. The Bertz CT molecular complexity index is 1420. The van der Waals surface area contributed by atoms with E-state index >= 15 is 0 Å². The monoisotopic (exact) mass is 471 g/mol. The SMILES string of the molecule is Cn1cc(-c2cnc3c(-c4csc(C(=O)N[C@H]5CS(=O)(=O)CC[C@H]5N)c4)cnn3c2)cn1. The van der Waals surface area contributed by atoms with Crippen LogP contribution in [0.25, 0.3) is 27.9 Å². The van der Waals surface area contributed by atoms with Gasteiger partial charge in [-0.25, -0.2) is 17.9 Å². The van der Waals surface area contributed by atoms with Gasteiger partial charge in [-0.3, -0.25) is 9.48 Å². The first-order valence-corrected chi connectivity index (χ1v) is 12.7. The summed E-state index contributed by atoms with van der Waals surface area (Å²) in [4.78, 5) is 17.8. The van der Waals surface area contributed by atoms with Gasteiger partial charge in [-0.15, -0.1) is 11.3 Å². The fraction of sp³-hybridized carbons (Fsp3) is 0.300. The minimum atomic E-state index is -3.19. The molecular weight excluding hydrogens is 450 g/mol. The van der Waals surface area contributed by atoms with Crippen molar-refractivity contribution in [1.29, 1.82) is 0 Å². The minimum absolute atomic E-state index is 0.0634. The second-order valence-corrected chi connectivity index (χ2v) is 11.1. The minimum Gasteiger partial charge on any atom is -0.346 e. The molecule has 1 saturated heterocycles. The van der Waals surface area contributed by atoms with E-state index in [1.54, 1.807) is 33.9 Å². The highest BCUT2D eigenvalue weighted by Crippen LogP contribution is 2.29. The quantitative estimate of drug-likeness (QED) is 0.455. The Morgan fingerprint density at radius 2 is 2.00 bits per heavy atom. The second-order valence-electron chi connectivity index (χ2n) is 7.92. The number of aromatic nitrogens is 5. The van der Waals surface area contributed by atoms with E-state index in [0.29, 0.717) is 16.9 Å². The van der Waals surface area contributed by atoms with Crippen molar-refractivity contribution in [2.75, 3.05) is 11.5 Å². The molecule has 5 rings (SSSR count). The number of sulfone groups is 1. The fourth-order valence-corrected chi connectivity index (χ4v) is 6.27. The number of nitrogens with zero attached hydrogens (tertiary/aromatic N) is 5. The van der Waals surface area contributed by atoms with Crippen LogP contribution in [0.15, 0.2) is 42.4 Å². The van der Waals surface area contributed by atoms with Crippen molar-refractivity contribution in [2.24, 2.45) is 12.8 Å². The summed E-state index contributed by atoms with van der Waals surface area (Å²) in [6.07, 6.45) is 9.37. The Kier molecular flexibility index (Phi) is 5.07. The molecule has 0 bridgehead atoms. The van der Waals surface area contributed by atoms with Crippen molar-refractivity contribution < 1.29 is 13.2 Å². The lowest BCUT2D eigenvalue weighted by atomic mass is 10.1. The number of nitrogens with one attached hydrogen (secondary N) is 1. The molecular formula is C20H21N7O3S2. The van der Waals surface area contributed by atoms with E-state index in [4.69, 9.17) is 5.73 Å². The molecule has 0 unspecified atom stereocenters. The molecule has 1 amide bonds. The number of carbonyl (C=O) groups excluding carboxylic acids is 1. The standard InChI is InChI=1S/C20H21N7O3S2/c1-26-8-14(6-23-26)13-5-22-19-15(7-24-27(19)9-13)12-4-18(31-10-12)20(28)25-17-11-32(29,30)3-2-16(17)21/h4-10,16-17H,2-3,11,21H2,1H3,(H,25,28)/t16-,17+/m1/s1. The third-order valence-electron chi connectivity index (χ3n) is 5.56. The van der Waals surface area contributed by atoms with Crippen LogP contribution in [0.3, 0.4) is 0 Å². The molecule has 0 saturated carbocycles. The zero-order chi connectivity index (χ0) is 22.5. The maximum Gasteiger partial charge on any atom is 0.261 e. The van der Waals surface area contributed by atoms with Gasteiger partial charge in [0.25, 0.3) is 5.91 Å². The van der Waals surface area contributed by atoms with Crippen LogP contribution in [0.4, 0.5) is 0 Å². The number of hydrogen-bond donors (Lipinski definition) is 2. The number of nitrogens with two attached hydrogens (primary N) is 1. The Balaban J connectivity index is 1.37. The molecule has 1 aliphatic heterocycles. The Labute approximate surface area is 188 Å². The smallest absolute Gasteiger partial charge is 0.261 e. The Morgan fingerprint density at radius 3 is 2.78 bits per heavy atom. The number of aryl methyl sites for hydroxylation is 1. The van der Waals surface area contributed by atoms with Gasteiger partial charge in [0.05, 0.1) is 34.8 Å². The molecule has 0 aromatic carbocycles. The van der Waals surface area contributed by atoms with Crippen LogP contribution in [-0.2, 0) is 16.9 Å². The van der Waals surface area contributed by atoms with Crippen molar-refractivity contribution in [2.45, 2.75) is 18.5 Å². The lowest BCUT2D eigenvalue weighted by Gasteiger charge is -2.28. The molecule has 1 aliphatic rings. The van der Waals surface area contributed by atoms with Gasteiger partial charge in [-0.05, 0) is 23.4 Å². The van der Waals surface area contributed by atoms with E-state index in [0.717, 1.165) is 22.3 Å². The molecule has 4 aromatic rings. The zero-order valence-corrected chi connectivity index (χ0v) is 18.8. The molecule has 4 aromatic heterocycles. The zero-order valence-electron chi connectivity index (χ0n) is 17.2. The lowest BCUT2D eigenvalue weighted by molar-refractivity contribution is 0.0938. The van der Waals surface area contributed by atoms with Gasteiger partial charge in [0, 0.05) is 48.4 Å². The molecule has 166 valence electrons. The van der Waals surface area contributed by atoms with Crippen molar-refractivity contribution in [3.05, 3.63) is 47.3 Å². The average molecular weight is 472 g/mol. The molecule has 3 N–H and O–H groups in total. The van der Waals surface area contributed by atoms with E-state index in [2.05, 4.69) is 20.5 Å². The van der Waals surface area contributed by atoms with Crippen molar-refractivity contribution in [3.63, 3.8) is 0 Å². The number of thiophene rings is 1. The van der Waals surface area contributed by atoms with Crippen LogP contribution < -0.4 is 11.1 Å². The molecule has 1 fully saturated rings. The summed E-state index contributed by atoms with van der Waals surface area (Å²) in [6, 6.07) is 0.799. The van der Waals surface area contributed by atoms with Crippen molar-refractivity contribution in [3.8, 4) is 22.3 Å². The highest BCUT2D eigenvalue weighted by Gasteiger charge is 2.32. The van der Waals surface area contributed by atoms with E-state index in [1.807, 2.05) is 24.8 Å². The van der Waals surface area contributed by atoms with Gasteiger partial charge in [0.1, 0.15) is 0 Å². The third-order valence-corrected chi connectivity index (χ3v) is 8.21. The van der Waals surface area contributed by atoms with Gasteiger partial charge >= 0.3 is 0 Å². The number of hydrogen-bond acceptors (Lipinski definition) is 8. The van der Waals surface area contributed by atoms with Crippen LogP contribution >= 0.6 is 11.3 Å². The van der Waals surface area contributed by atoms with Gasteiger partial charge in [0.15, 0.2) is 15.5 Å². The molecule has 32 heavy (non-hydrogen) atoms. The van der Waals surface area contributed by atoms with Gasteiger partial charge in [0.2, 0.25) is 0 Å². The highest BCUT2D eigenvalue weighted by atomic mass is 32.2. The lowest BCUT2D eigenvalue weighted by Crippen LogP contribution is -2.55. The molecule has 2 atom stereocenters. The summed E-state index contributed by atoms with van der Waals surface area (Å²) in [6.45, 7) is 0. The summed E-state index contributed by atoms with van der Waals surface area (Å²) in [5.41, 5.74) is 10.1. The summed E-state index contributed by atoms with van der Waals surface area (Å²) in [7, 11) is -1.33. The number of carbonyl (C=O) groups is 1. The molecule has 0 radical (unpaired) electrons. The Morgan fingerprint density at radius 1 is 1.19 bits per heavy atom. The molecule has 0 aliphatic carbocycles. The van der Waals surface area contributed by atoms with Crippen LogP contribution in [0.2, 0.25) is 0 Å². The molecule has 5 heterocycles. The first-order valence-electron chi connectivity index (χ1n) is 9.97. The third kappa shape index (κ3) is 3.92. The average Bonchev–Trinajstić information content (AvgIpc) is 3.49. The fourth-order valence-electron chi connectivity index (χ4n) is 3.78. The predicted octanol–water partition coefficient (Wildman–Crippen LogP) is 1.10. The first kappa shape index (κ1) is 20.8. The van der Waals surface area contributed by atoms with Crippen molar-refractivity contribution in [1.82, 2.24) is 29.7 Å². The topological polar surface area (TPSA) is 137 Å². The predicted molar refractivity (Wildman–Crippen MR) is 121 cm³/mol. The maximum absolute atomic E-state index is 12.7. The van der Waals surface area contributed by atoms with Crippen LogP contribution in [0.5, 0.6) is 0 Å². The van der Waals surface area contributed by atoms with E-state index in [-0.39, 0.29) is 23.5 Å². The van der Waals surface area contributed by atoms with Crippen LogP contribution in [0.1, 0.15) is 16.1 Å². The number of fused-ring (bicyclic) bond motifs is 1. The number of amides is 1. The maximum atomic E-state index is 12.7. The summed E-state index contributed by atoms with van der Waals surface area (Å²) < 4.78 is 27.2. The first-order chi connectivity index (χ1) is 15.3. The van der Waals surface area contributed by atoms with Gasteiger partial charge in [-0.2, -0.15) is 10.2 Å². The Hall–Kier alpha value is -3.09. The molecule has 12 heteroatoms. The molecule has 0 spiro atoms. The normalized spacial score (nSPS) is 20.4. The second kappa shape index (κ2) is 7.80. The largest absolute Gasteiger partial charge is 0.346 e.